The van der Waals surface area contributed by atoms with Crippen molar-refractivity contribution >= 4 is 11.8 Å². The highest BCUT2D eigenvalue weighted by Crippen LogP contribution is 2.26. The van der Waals surface area contributed by atoms with E-state index >= 15 is 0 Å². The number of benzene rings is 2. The highest BCUT2D eigenvalue weighted by molar-refractivity contribution is 7.98. The summed E-state index contributed by atoms with van der Waals surface area (Å²) in [5.41, 5.74) is 2.03. The van der Waals surface area contributed by atoms with Crippen LogP contribution in [-0.2, 0) is 5.75 Å². The Hall–Kier alpha value is -1.32. The lowest BCUT2D eigenvalue weighted by Crippen LogP contribution is -2.19. The highest BCUT2D eigenvalue weighted by Gasteiger charge is 2.06. The average Bonchev–Trinajstić information content (AvgIpc) is 2.52. The van der Waals surface area contributed by atoms with Gasteiger partial charge in [-0.2, -0.15) is 0 Å². The lowest BCUT2D eigenvalue weighted by molar-refractivity contribution is 0.570. The van der Waals surface area contributed by atoms with Gasteiger partial charge in [-0.3, -0.25) is 0 Å². The molecule has 0 aromatic heterocycles. The Bertz CT molecular complexity index is 571. The van der Waals surface area contributed by atoms with Crippen LogP contribution in [0.5, 0.6) is 0 Å². The maximum atomic E-state index is 13.6. The van der Waals surface area contributed by atoms with E-state index in [0.717, 1.165) is 18.5 Å². The number of hydrogen-bond acceptors (Lipinski definition) is 2. The van der Waals surface area contributed by atoms with Crippen LogP contribution >= 0.6 is 11.8 Å². The summed E-state index contributed by atoms with van der Waals surface area (Å²) < 4.78 is 13.6. The Morgan fingerprint density at radius 1 is 1.14 bits per heavy atom. The van der Waals surface area contributed by atoms with Crippen molar-refractivity contribution < 1.29 is 4.39 Å². The van der Waals surface area contributed by atoms with Crippen LogP contribution in [0.4, 0.5) is 4.39 Å². The molecule has 1 atom stereocenters. The maximum Gasteiger partial charge on any atom is 0.127 e. The van der Waals surface area contributed by atoms with Crippen LogP contribution < -0.4 is 5.32 Å². The molecular formula is C18H22FNS. The first-order chi connectivity index (χ1) is 10.2. The van der Waals surface area contributed by atoms with Gasteiger partial charge in [0.05, 0.1) is 0 Å². The Balaban J connectivity index is 1.99. The van der Waals surface area contributed by atoms with Gasteiger partial charge in [0.2, 0.25) is 0 Å². The van der Waals surface area contributed by atoms with Crippen molar-refractivity contribution in [2.75, 3.05) is 6.54 Å². The smallest absolute Gasteiger partial charge is 0.127 e. The summed E-state index contributed by atoms with van der Waals surface area (Å²) in [5.74, 6) is 0.534. The van der Waals surface area contributed by atoms with Gasteiger partial charge in [0.25, 0.3) is 0 Å². The lowest BCUT2D eigenvalue weighted by Gasteiger charge is -2.14. The van der Waals surface area contributed by atoms with Crippen molar-refractivity contribution in [1.82, 2.24) is 5.32 Å². The summed E-state index contributed by atoms with van der Waals surface area (Å²) >= 11 is 1.68. The third kappa shape index (κ3) is 4.87. The van der Waals surface area contributed by atoms with Crippen molar-refractivity contribution in [3.63, 3.8) is 0 Å². The molecule has 1 unspecified atom stereocenters. The first kappa shape index (κ1) is 16.1. The minimum atomic E-state index is -0.126. The van der Waals surface area contributed by atoms with Crippen LogP contribution in [0.1, 0.15) is 37.4 Å². The summed E-state index contributed by atoms with van der Waals surface area (Å²) in [6, 6.07) is 15.8. The molecule has 3 heteroatoms. The molecule has 112 valence electrons. The van der Waals surface area contributed by atoms with Crippen molar-refractivity contribution in [3.05, 3.63) is 65.5 Å². The first-order valence-corrected chi connectivity index (χ1v) is 8.39. The Kier molecular flexibility index (Phi) is 6.27. The molecule has 1 nitrogen and oxygen atoms in total. The Morgan fingerprint density at radius 3 is 2.71 bits per heavy atom. The largest absolute Gasteiger partial charge is 0.310 e. The number of rotatable bonds is 7. The van der Waals surface area contributed by atoms with Gasteiger partial charge < -0.3 is 5.32 Å². The Morgan fingerprint density at radius 2 is 1.95 bits per heavy atom. The predicted molar refractivity (Wildman–Crippen MR) is 89.1 cm³/mol. The van der Waals surface area contributed by atoms with E-state index in [1.807, 2.05) is 12.1 Å². The minimum Gasteiger partial charge on any atom is -0.310 e. The predicted octanol–water partition coefficient (Wildman–Crippen LogP) is 5.18. The van der Waals surface area contributed by atoms with E-state index in [1.165, 1.54) is 16.5 Å². The summed E-state index contributed by atoms with van der Waals surface area (Å²) in [4.78, 5) is 1.18. The van der Waals surface area contributed by atoms with Gasteiger partial charge in [0.1, 0.15) is 5.82 Å². The molecule has 2 rings (SSSR count). The molecule has 2 aromatic rings. The second-order valence-electron chi connectivity index (χ2n) is 5.13. The molecule has 0 heterocycles. The fraction of sp³-hybridized carbons (Fsp3) is 0.333. The van der Waals surface area contributed by atoms with Crippen molar-refractivity contribution in [2.45, 2.75) is 37.0 Å². The third-order valence-corrected chi connectivity index (χ3v) is 4.45. The molecule has 1 N–H and O–H groups in total. The summed E-state index contributed by atoms with van der Waals surface area (Å²) in [6.45, 7) is 5.37. The molecule has 0 aliphatic rings. The topological polar surface area (TPSA) is 12.0 Å². The van der Waals surface area contributed by atoms with Gasteiger partial charge in [-0.15, -0.1) is 11.8 Å². The molecular weight excluding hydrogens is 281 g/mol. The van der Waals surface area contributed by atoms with E-state index in [1.54, 1.807) is 17.8 Å². The van der Waals surface area contributed by atoms with Crippen LogP contribution in [0.3, 0.4) is 0 Å². The maximum absolute atomic E-state index is 13.6. The summed E-state index contributed by atoms with van der Waals surface area (Å²) in [6.07, 6.45) is 1.13. The number of hydrogen-bond donors (Lipinski definition) is 1. The average molecular weight is 303 g/mol. The van der Waals surface area contributed by atoms with Gasteiger partial charge in [0.15, 0.2) is 0 Å². The summed E-state index contributed by atoms with van der Waals surface area (Å²) in [7, 11) is 0. The van der Waals surface area contributed by atoms with Gasteiger partial charge in [-0.05, 0) is 49.2 Å². The quantitative estimate of drug-likeness (QED) is 0.707. The second-order valence-corrected chi connectivity index (χ2v) is 6.18. The third-order valence-electron chi connectivity index (χ3n) is 3.41. The highest BCUT2D eigenvalue weighted by atomic mass is 32.2. The van der Waals surface area contributed by atoms with Gasteiger partial charge in [-0.25, -0.2) is 4.39 Å². The van der Waals surface area contributed by atoms with Gasteiger partial charge >= 0.3 is 0 Å². The molecule has 0 radical (unpaired) electrons. The first-order valence-electron chi connectivity index (χ1n) is 7.40. The van der Waals surface area contributed by atoms with Crippen LogP contribution in [0.15, 0.2) is 53.4 Å². The van der Waals surface area contributed by atoms with E-state index in [4.69, 9.17) is 0 Å². The zero-order valence-corrected chi connectivity index (χ0v) is 13.4. The fourth-order valence-electron chi connectivity index (χ4n) is 2.13. The van der Waals surface area contributed by atoms with E-state index in [2.05, 4.69) is 43.4 Å². The van der Waals surface area contributed by atoms with Crippen molar-refractivity contribution in [1.29, 1.82) is 0 Å². The lowest BCUT2D eigenvalue weighted by atomic mass is 10.1. The minimum absolute atomic E-state index is 0.126. The molecule has 0 saturated carbocycles. The standard InChI is InChI=1S/C18H22FNS/c1-3-11-20-14(2)15-8-6-9-17(12-15)21-13-16-7-4-5-10-18(16)19/h4-10,12,14,20H,3,11,13H2,1-2H3. The molecule has 0 saturated heterocycles. The monoisotopic (exact) mass is 303 g/mol. The molecule has 0 fully saturated rings. The zero-order valence-electron chi connectivity index (χ0n) is 12.6. The van der Waals surface area contributed by atoms with E-state index < -0.39 is 0 Å². The molecule has 0 aliphatic heterocycles. The SMILES string of the molecule is CCCNC(C)c1cccc(SCc2ccccc2F)c1. The molecule has 0 amide bonds. The van der Waals surface area contributed by atoms with E-state index in [9.17, 15) is 4.39 Å². The number of nitrogens with one attached hydrogen (secondary N) is 1. The van der Waals surface area contributed by atoms with Crippen LogP contribution in [0.25, 0.3) is 0 Å². The molecule has 0 aliphatic carbocycles. The van der Waals surface area contributed by atoms with Crippen LogP contribution in [0.2, 0.25) is 0 Å². The molecule has 0 bridgehead atoms. The molecule has 0 spiro atoms. The van der Waals surface area contributed by atoms with Gasteiger partial charge in [0, 0.05) is 16.7 Å². The molecule has 2 aromatic carbocycles. The van der Waals surface area contributed by atoms with Crippen molar-refractivity contribution in [3.8, 4) is 0 Å². The summed E-state index contributed by atoms with van der Waals surface area (Å²) in [5, 5.41) is 3.49. The second kappa shape index (κ2) is 8.20. The van der Waals surface area contributed by atoms with Crippen LogP contribution in [0, 0.1) is 5.82 Å². The number of thioether (sulfide) groups is 1. The van der Waals surface area contributed by atoms with Gasteiger partial charge in [-0.1, -0.05) is 37.3 Å². The number of halogens is 1. The zero-order chi connectivity index (χ0) is 15.1. The Labute approximate surface area is 131 Å². The van der Waals surface area contributed by atoms with Crippen molar-refractivity contribution in [2.24, 2.45) is 0 Å². The van der Waals surface area contributed by atoms with E-state index in [-0.39, 0.29) is 5.82 Å². The van der Waals surface area contributed by atoms with E-state index in [0.29, 0.717) is 11.8 Å². The van der Waals surface area contributed by atoms with Crippen LogP contribution in [-0.4, -0.2) is 6.54 Å². The fourth-order valence-corrected chi connectivity index (χ4v) is 3.08. The normalized spacial score (nSPS) is 12.3. The molecule has 21 heavy (non-hydrogen) atoms.